The van der Waals surface area contributed by atoms with E-state index in [9.17, 15) is 9.59 Å². The highest BCUT2D eigenvalue weighted by Crippen LogP contribution is 1.85. The molecule has 0 spiro atoms. The molecule has 0 aliphatic heterocycles. The summed E-state index contributed by atoms with van der Waals surface area (Å²) in [5.74, 6) is -1.16. The Morgan fingerprint density at radius 3 is 1.60 bits per heavy atom. The Bertz CT molecular complexity index is 109. The molecule has 0 aromatic heterocycles. The van der Waals surface area contributed by atoms with Crippen molar-refractivity contribution in [3.63, 3.8) is 0 Å². The maximum Gasteiger partial charge on any atom is 0.316 e. The van der Waals surface area contributed by atoms with Gasteiger partial charge in [-0.1, -0.05) is 0 Å². The van der Waals surface area contributed by atoms with Crippen LogP contribution in [0.3, 0.4) is 0 Å². The van der Waals surface area contributed by atoms with Gasteiger partial charge >= 0.3 is 11.9 Å². The molecule has 0 atom stereocenters. The Hall–Kier alpha value is -0.294. The van der Waals surface area contributed by atoms with Gasteiger partial charge in [-0.15, -0.1) is 0 Å². The summed E-state index contributed by atoms with van der Waals surface area (Å²) in [5, 5.41) is 0. The molecule has 0 rings (SSSR count). The highest BCUT2D eigenvalue weighted by molar-refractivity contribution is 5.90. The Balaban J connectivity index is 0. The molecule has 5 heteroatoms. The zero-order valence-electron chi connectivity index (χ0n) is 6.05. The molecule has 0 aliphatic carbocycles. The van der Waals surface area contributed by atoms with Gasteiger partial charge in [-0.3, -0.25) is 9.59 Å². The van der Waals surface area contributed by atoms with Gasteiger partial charge in [0.15, 0.2) is 0 Å². The van der Waals surface area contributed by atoms with Gasteiger partial charge in [-0.25, -0.2) is 0 Å². The highest BCUT2D eigenvalue weighted by atomic mass is 24.3. The van der Waals surface area contributed by atoms with Gasteiger partial charge in [-0.05, 0) is 0 Å². The number of methoxy groups -OCH3 is 2. The van der Waals surface area contributed by atoms with Crippen molar-refractivity contribution in [2.24, 2.45) is 0 Å². The third kappa shape index (κ3) is 5.84. The summed E-state index contributed by atoms with van der Waals surface area (Å²) in [7, 11) is 2.43. The van der Waals surface area contributed by atoms with E-state index in [1.807, 2.05) is 0 Å². The van der Waals surface area contributed by atoms with Crippen LogP contribution in [0.4, 0.5) is 0 Å². The van der Waals surface area contributed by atoms with E-state index >= 15 is 0 Å². The second-order valence-corrected chi connectivity index (χ2v) is 1.33. The number of hydrogen-bond acceptors (Lipinski definition) is 4. The van der Waals surface area contributed by atoms with Crippen LogP contribution in [0.5, 0.6) is 0 Å². The summed E-state index contributed by atoms with van der Waals surface area (Å²) >= 11 is 0. The van der Waals surface area contributed by atoms with Crippen molar-refractivity contribution in [1.82, 2.24) is 0 Å². The fraction of sp³-hybridized carbons (Fsp3) is 0.600. The zero-order valence-corrected chi connectivity index (χ0v) is 7.46. The molecule has 0 saturated carbocycles. The maximum atomic E-state index is 10.3. The van der Waals surface area contributed by atoms with E-state index in [0.29, 0.717) is 0 Å². The van der Waals surface area contributed by atoms with Crippen molar-refractivity contribution in [2.45, 2.75) is 6.42 Å². The first-order chi connectivity index (χ1) is 4.20. The van der Waals surface area contributed by atoms with E-state index in [-0.39, 0.29) is 29.5 Å². The third-order valence-corrected chi connectivity index (χ3v) is 0.744. The molecule has 0 fully saturated rings. The second-order valence-electron chi connectivity index (χ2n) is 1.33. The van der Waals surface area contributed by atoms with Crippen molar-refractivity contribution in [1.29, 1.82) is 0 Å². The maximum absolute atomic E-state index is 10.3. The largest absolute Gasteiger partial charge is 0.469 e. The van der Waals surface area contributed by atoms with Crippen LogP contribution in [-0.2, 0) is 19.1 Å². The summed E-state index contributed by atoms with van der Waals surface area (Å²) in [6, 6.07) is 0. The molecule has 0 N–H and O–H groups in total. The molecule has 2 radical (unpaired) electrons. The number of rotatable bonds is 2. The quantitative estimate of drug-likeness (QED) is 0.303. The molecule has 0 unspecified atom stereocenters. The topological polar surface area (TPSA) is 52.6 Å². The van der Waals surface area contributed by atoms with E-state index in [0.717, 1.165) is 0 Å². The smallest absolute Gasteiger partial charge is 0.316 e. The minimum Gasteiger partial charge on any atom is -0.469 e. The molecule has 10 heavy (non-hydrogen) atoms. The molecule has 0 saturated heterocycles. The van der Waals surface area contributed by atoms with Gasteiger partial charge in [0.25, 0.3) is 0 Å². The lowest BCUT2D eigenvalue weighted by molar-refractivity contribution is -0.151. The van der Waals surface area contributed by atoms with Gasteiger partial charge in [0.1, 0.15) is 6.42 Å². The summed E-state index contributed by atoms with van der Waals surface area (Å²) in [4.78, 5) is 20.5. The van der Waals surface area contributed by atoms with Crippen molar-refractivity contribution < 1.29 is 19.1 Å². The van der Waals surface area contributed by atoms with E-state index in [1.165, 1.54) is 14.2 Å². The van der Waals surface area contributed by atoms with Crippen LogP contribution in [0.2, 0.25) is 0 Å². The van der Waals surface area contributed by atoms with Crippen LogP contribution in [0.1, 0.15) is 6.42 Å². The summed E-state index contributed by atoms with van der Waals surface area (Å²) in [6.07, 6.45) is -0.312. The normalized spacial score (nSPS) is 7.40. The van der Waals surface area contributed by atoms with Crippen LogP contribution >= 0.6 is 0 Å². The van der Waals surface area contributed by atoms with Crippen LogP contribution in [0.15, 0.2) is 0 Å². The standard InChI is InChI=1S/C5H8O4.Mg/c1-8-4(6)3-5(7)9-2;/h3H2,1-2H3;. The van der Waals surface area contributed by atoms with Gasteiger partial charge in [-0.2, -0.15) is 0 Å². The minimum absolute atomic E-state index is 0. The van der Waals surface area contributed by atoms with Crippen LogP contribution in [-0.4, -0.2) is 49.2 Å². The number of carbonyl (C=O) groups is 2. The minimum atomic E-state index is -0.582. The first-order valence-electron chi connectivity index (χ1n) is 2.34. The summed E-state index contributed by atoms with van der Waals surface area (Å²) < 4.78 is 8.37. The van der Waals surface area contributed by atoms with Crippen LogP contribution in [0, 0.1) is 0 Å². The molecule has 0 aromatic carbocycles. The Morgan fingerprint density at radius 2 is 1.40 bits per heavy atom. The first-order valence-corrected chi connectivity index (χ1v) is 2.34. The van der Waals surface area contributed by atoms with E-state index < -0.39 is 11.9 Å². The van der Waals surface area contributed by atoms with E-state index in [2.05, 4.69) is 9.47 Å². The van der Waals surface area contributed by atoms with E-state index in [1.54, 1.807) is 0 Å². The van der Waals surface area contributed by atoms with Crippen molar-refractivity contribution >= 4 is 35.0 Å². The average molecular weight is 156 g/mol. The third-order valence-electron chi connectivity index (χ3n) is 0.744. The van der Waals surface area contributed by atoms with Crippen LogP contribution < -0.4 is 0 Å². The number of hydrogen-bond donors (Lipinski definition) is 0. The Morgan fingerprint density at radius 1 is 1.10 bits per heavy atom. The summed E-state index contributed by atoms with van der Waals surface area (Å²) in [5.41, 5.74) is 0. The fourth-order valence-electron chi connectivity index (χ4n) is 0.262. The molecule has 4 nitrogen and oxygen atoms in total. The van der Waals surface area contributed by atoms with Crippen molar-refractivity contribution in [2.75, 3.05) is 14.2 Å². The number of carbonyl (C=O) groups excluding carboxylic acids is 2. The lowest BCUT2D eigenvalue weighted by Gasteiger charge is -1.95. The lowest BCUT2D eigenvalue weighted by Crippen LogP contribution is -2.09. The Kier molecular flexibility index (Phi) is 8.45. The van der Waals surface area contributed by atoms with Gasteiger partial charge in [0.05, 0.1) is 14.2 Å². The van der Waals surface area contributed by atoms with Crippen molar-refractivity contribution in [3.05, 3.63) is 0 Å². The molecule has 0 aromatic rings. The van der Waals surface area contributed by atoms with E-state index in [4.69, 9.17) is 0 Å². The molecule has 0 heterocycles. The first kappa shape index (κ1) is 12.4. The van der Waals surface area contributed by atoms with Gasteiger partial charge in [0, 0.05) is 23.1 Å². The van der Waals surface area contributed by atoms with Gasteiger partial charge in [0.2, 0.25) is 0 Å². The fourth-order valence-corrected chi connectivity index (χ4v) is 0.262. The number of esters is 2. The Labute approximate surface area is 75.0 Å². The second kappa shape index (κ2) is 6.82. The monoisotopic (exact) mass is 156 g/mol. The van der Waals surface area contributed by atoms with Crippen molar-refractivity contribution in [3.8, 4) is 0 Å². The molecular weight excluding hydrogens is 148 g/mol. The molecule has 0 aliphatic rings. The predicted molar refractivity (Wildman–Crippen MR) is 34.4 cm³/mol. The zero-order chi connectivity index (χ0) is 7.28. The highest BCUT2D eigenvalue weighted by Gasteiger charge is 2.07. The molecule has 54 valence electrons. The lowest BCUT2D eigenvalue weighted by atomic mass is 10.4. The molecular formula is C5H8MgO4. The average Bonchev–Trinajstić information content (AvgIpc) is 1.87. The number of ether oxygens (including phenoxy) is 2. The predicted octanol–water partition coefficient (Wildman–Crippen LogP) is -0.658. The SMILES string of the molecule is COC(=O)CC(=O)OC.[Mg]. The summed E-state index contributed by atoms with van der Waals surface area (Å²) in [6.45, 7) is 0. The molecule has 0 amide bonds. The molecule has 0 bridgehead atoms. The van der Waals surface area contributed by atoms with Gasteiger partial charge < -0.3 is 9.47 Å². The van der Waals surface area contributed by atoms with Crippen LogP contribution in [0.25, 0.3) is 0 Å².